The zero-order valence-electron chi connectivity index (χ0n) is 42.2. The van der Waals surface area contributed by atoms with Crippen LogP contribution in [0.15, 0.2) is 36.4 Å². The SMILES string of the molecule is CC1CCN(c2cc(CN3CCN(C(=O)OC(C)(C)C)CC3)cc(C(F)(F)F)c2)CC1.CCOC(=O)C1(C)CCN(c2cc(CN3CCN(C(=O)OC(C)(C)C)CC3)cc(C(F)(F)F)c2)CC1.O=C=O. The number of halogens is 6. The number of amides is 2. The lowest BCUT2D eigenvalue weighted by molar-refractivity contribution is -0.191. The predicted molar refractivity (Wildman–Crippen MR) is 251 cm³/mol. The number of benzene rings is 2. The minimum Gasteiger partial charge on any atom is -0.466 e. The van der Waals surface area contributed by atoms with E-state index in [9.17, 15) is 40.7 Å². The molecule has 2 aromatic carbocycles. The highest BCUT2D eigenvalue weighted by Crippen LogP contribution is 2.38. The highest BCUT2D eigenvalue weighted by atomic mass is 19.4. The van der Waals surface area contributed by atoms with Gasteiger partial charge in [-0.25, -0.2) is 9.59 Å². The molecule has 4 heterocycles. The van der Waals surface area contributed by atoms with Gasteiger partial charge in [-0.1, -0.05) is 6.92 Å². The van der Waals surface area contributed by atoms with Crippen LogP contribution < -0.4 is 9.80 Å². The predicted octanol–water partition coefficient (Wildman–Crippen LogP) is 9.34. The van der Waals surface area contributed by atoms with Gasteiger partial charge in [0.25, 0.3) is 0 Å². The van der Waals surface area contributed by atoms with Crippen molar-refractivity contribution in [3.8, 4) is 0 Å². The van der Waals surface area contributed by atoms with Crippen molar-refractivity contribution in [1.82, 2.24) is 19.6 Å². The van der Waals surface area contributed by atoms with Gasteiger partial charge >= 0.3 is 36.7 Å². The van der Waals surface area contributed by atoms with E-state index in [1.165, 1.54) is 24.3 Å². The van der Waals surface area contributed by atoms with Crippen molar-refractivity contribution in [2.24, 2.45) is 11.3 Å². The van der Waals surface area contributed by atoms with E-state index < -0.39 is 40.1 Å². The van der Waals surface area contributed by atoms with Gasteiger partial charge in [0.05, 0.1) is 23.1 Å². The summed E-state index contributed by atoms with van der Waals surface area (Å²) in [5.74, 6) is 0.364. The fraction of sp³-hybridized carbons (Fsp3) is 0.680. The molecule has 0 unspecified atom stereocenters. The molecule has 0 aromatic heterocycles. The topological polar surface area (TPSA) is 132 Å². The molecule has 0 saturated carbocycles. The van der Waals surface area contributed by atoms with Gasteiger partial charge in [-0.15, -0.1) is 0 Å². The maximum Gasteiger partial charge on any atom is 0.416 e. The van der Waals surface area contributed by atoms with E-state index >= 15 is 0 Å². The summed E-state index contributed by atoms with van der Waals surface area (Å²) in [6.45, 7) is 24.6. The largest absolute Gasteiger partial charge is 0.466 e. The summed E-state index contributed by atoms with van der Waals surface area (Å²) in [6, 6.07) is 8.64. The monoisotopic (exact) mass is 999 g/mol. The van der Waals surface area contributed by atoms with E-state index in [-0.39, 0.29) is 24.3 Å². The van der Waals surface area contributed by atoms with Gasteiger partial charge < -0.3 is 33.8 Å². The molecule has 4 saturated heterocycles. The molecule has 6 rings (SSSR count). The lowest BCUT2D eigenvalue weighted by Gasteiger charge is -2.39. The minimum absolute atomic E-state index is 0.250. The standard InChI is InChI=1S/C26H38F3N3O4.C23H34F3N3O2.CO2/c1-6-35-22(33)25(5)7-9-31(10-8-25)21-16-19(15-20(17-21)26(27,28)29)18-30-11-13-32(14-12-30)23(34)36-24(2,3)4;1-17-5-7-28(8-6-17)20-14-18(13-19(15-20)23(24,25)26)16-27-9-11-29(12-10-27)21(30)31-22(2,3)4;2-1-3/h15-17H,6-14,18H2,1-5H3;13-15,17H,5-12,16H2,1-4H3;. The second-order valence-corrected chi connectivity index (χ2v) is 20.8. The molecule has 0 atom stereocenters. The number of alkyl halides is 6. The lowest BCUT2D eigenvalue weighted by atomic mass is 9.80. The number of ether oxygens (including phenoxy) is 3. The molecule has 4 aliphatic rings. The van der Waals surface area contributed by atoms with Crippen molar-refractivity contribution in [3.63, 3.8) is 0 Å². The number of esters is 1. The molecule has 2 amide bonds. The second kappa shape index (κ2) is 24.4. The summed E-state index contributed by atoms with van der Waals surface area (Å²) < 4.78 is 97.8. The summed E-state index contributed by atoms with van der Waals surface area (Å²) in [5, 5.41) is 0. The molecular formula is C50H72F6N6O8. The Balaban J connectivity index is 0.000000291. The molecule has 4 aliphatic heterocycles. The Kier molecular flexibility index (Phi) is 20.0. The molecule has 0 aliphatic carbocycles. The summed E-state index contributed by atoms with van der Waals surface area (Å²) in [4.78, 5) is 64.5. The van der Waals surface area contributed by atoms with Crippen LogP contribution in [0, 0.1) is 11.3 Å². The first-order chi connectivity index (χ1) is 32.5. The van der Waals surface area contributed by atoms with E-state index in [0.29, 0.717) is 126 Å². The molecule has 0 N–H and O–H groups in total. The second-order valence-electron chi connectivity index (χ2n) is 20.8. The number of piperidine rings is 2. The Morgan fingerprint density at radius 3 is 1.29 bits per heavy atom. The van der Waals surface area contributed by atoms with Crippen LogP contribution in [0.3, 0.4) is 0 Å². The fourth-order valence-electron chi connectivity index (χ4n) is 8.60. The third-order valence-corrected chi connectivity index (χ3v) is 12.6. The van der Waals surface area contributed by atoms with Crippen LogP contribution >= 0.6 is 0 Å². The Bertz CT molecular complexity index is 2070. The summed E-state index contributed by atoms with van der Waals surface area (Å²) in [5.41, 5.74) is -0.613. The van der Waals surface area contributed by atoms with Crippen LogP contribution in [0.1, 0.15) is 110 Å². The maximum atomic E-state index is 13.7. The molecule has 2 aromatic rings. The van der Waals surface area contributed by atoms with Gasteiger partial charge in [-0.05, 0) is 135 Å². The van der Waals surface area contributed by atoms with Gasteiger partial charge in [0, 0.05) is 103 Å². The number of carbonyl (C=O) groups is 3. The molecule has 14 nitrogen and oxygen atoms in total. The average Bonchev–Trinajstić information content (AvgIpc) is 3.26. The number of hydrogen-bond donors (Lipinski definition) is 0. The van der Waals surface area contributed by atoms with Gasteiger partial charge in [0.1, 0.15) is 11.2 Å². The average molecular weight is 999 g/mol. The molecule has 0 radical (unpaired) electrons. The Labute approximate surface area is 408 Å². The van der Waals surface area contributed by atoms with E-state index in [1.807, 2.05) is 70.4 Å². The van der Waals surface area contributed by atoms with Crippen LogP contribution in [0.25, 0.3) is 0 Å². The van der Waals surface area contributed by atoms with Gasteiger partial charge in [0.2, 0.25) is 0 Å². The van der Waals surface area contributed by atoms with E-state index in [0.717, 1.165) is 25.9 Å². The van der Waals surface area contributed by atoms with Crippen LogP contribution in [0.5, 0.6) is 0 Å². The summed E-state index contributed by atoms with van der Waals surface area (Å²) in [6.07, 6.45) is -6.26. The molecule has 70 heavy (non-hydrogen) atoms. The molecule has 20 heteroatoms. The van der Waals surface area contributed by atoms with Gasteiger partial charge in [-0.2, -0.15) is 35.9 Å². The quantitative estimate of drug-likeness (QED) is 0.142. The molecule has 4 fully saturated rings. The minimum atomic E-state index is -4.46. The molecule has 392 valence electrons. The van der Waals surface area contributed by atoms with Crippen molar-refractivity contribution in [2.75, 3.05) is 94.9 Å². The Morgan fingerprint density at radius 2 is 0.957 bits per heavy atom. The van der Waals surface area contributed by atoms with E-state index in [4.69, 9.17) is 23.8 Å². The van der Waals surface area contributed by atoms with Gasteiger partial charge in [-0.3, -0.25) is 14.6 Å². The molecule has 0 bridgehead atoms. The van der Waals surface area contributed by atoms with Gasteiger partial charge in [0.15, 0.2) is 0 Å². The Morgan fingerprint density at radius 1 is 0.600 bits per heavy atom. The number of hydrogen-bond acceptors (Lipinski definition) is 12. The number of nitrogens with zero attached hydrogens (tertiary/aromatic N) is 6. The molecular weight excluding hydrogens is 927 g/mol. The van der Waals surface area contributed by atoms with E-state index in [1.54, 1.807) is 16.7 Å². The van der Waals surface area contributed by atoms with E-state index in [2.05, 4.69) is 16.7 Å². The number of piperazine rings is 2. The number of anilines is 2. The summed E-state index contributed by atoms with van der Waals surface area (Å²) in [7, 11) is 0. The maximum absolute atomic E-state index is 13.7. The zero-order valence-corrected chi connectivity index (χ0v) is 42.2. The summed E-state index contributed by atoms with van der Waals surface area (Å²) >= 11 is 0. The van der Waals surface area contributed by atoms with Crippen molar-refractivity contribution in [2.45, 2.75) is 125 Å². The zero-order chi connectivity index (χ0) is 52.2. The van der Waals surface area contributed by atoms with Crippen molar-refractivity contribution >= 4 is 35.7 Å². The number of carbonyl (C=O) groups excluding carboxylic acids is 5. The van der Waals surface area contributed by atoms with Crippen LogP contribution in [-0.4, -0.2) is 140 Å². The fourth-order valence-corrected chi connectivity index (χ4v) is 8.60. The highest BCUT2D eigenvalue weighted by molar-refractivity contribution is 5.77. The first-order valence-corrected chi connectivity index (χ1v) is 24.0. The van der Waals surface area contributed by atoms with Crippen LogP contribution in [0.2, 0.25) is 0 Å². The number of rotatable bonds is 8. The normalized spacial score (nSPS) is 18.7. The third-order valence-electron chi connectivity index (χ3n) is 12.6. The lowest BCUT2D eigenvalue weighted by Crippen LogP contribution is -2.49. The van der Waals surface area contributed by atoms with Crippen molar-refractivity contribution in [1.29, 1.82) is 0 Å². The van der Waals surface area contributed by atoms with Crippen LogP contribution in [0.4, 0.5) is 47.3 Å². The van der Waals surface area contributed by atoms with Crippen molar-refractivity contribution in [3.05, 3.63) is 58.7 Å². The first kappa shape index (κ1) is 57.5. The first-order valence-electron chi connectivity index (χ1n) is 24.0. The Hall–Kier alpha value is -5.07. The van der Waals surface area contributed by atoms with Crippen LogP contribution in [-0.2, 0) is 54.0 Å². The highest BCUT2D eigenvalue weighted by Gasteiger charge is 2.40. The van der Waals surface area contributed by atoms with Crippen molar-refractivity contribution < 1.29 is 64.5 Å². The third kappa shape index (κ3) is 18.0. The molecule has 0 spiro atoms. The smallest absolute Gasteiger partial charge is 0.416 e.